The first-order chi connectivity index (χ1) is 8.28. The summed E-state index contributed by atoms with van der Waals surface area (Å²) in [4.78, 5) is 1.51. The van der Waals surface area contributed by atoms with Crippen molar-refractivity contribution in [2.24, 2.45) is 0 Å². The quantitative estimate of drug-likeness (QED) is 0.868. The highest BCUT2D eigenvalue weighted by molar-refractivity contribution is 8.00. The third-order valence-corrected chi connectivity index (χ3v) is 5.61. The summed E-state index contributed by atoms with van der Waals surface area (Å²) in [6.07, 6.45) is 6.82. The van der Waals surface area contributed by atoms with Crippen LogP contribution >= 0.6 is 11.8 Å². The molecular weight excluding hydrogens is 226 g/mol. The maximum atomic E-state index is 3.69. The molecule has 1 N–H and O–H groups in total. The van der Waals surface area contributed by atoms with Crippen LogP contribution in [0.15, 0.2) is 29.2 Å². The van der Waals surface area contributed by atoms with Crippen LogP contribution in [-0.2, 0) is 5.54 Å². The maximum absolute atomic E-state index is 3.69. The first-order valence-corrected chi connectivity index (χ1v) is 7.67. The number of hydrogen-bond acceptors (Lipinski definition) is 2. The summed E-state index contributed by atoms with van der Waals surface area (Å²) in [6.45, 7) is 3.53. The topological polar surface area (TPSA) is 12.0 Å². The lowest BCUT2D eigenvalue weighted by atomic mass is 9.90. The SMILES string of the molecule is CC1(c2ccccc2SC2CCC2)CCCN1. The molecule has 1 unspecified atom stereocenters. The molecule has 0 radical (unpaired) electrons. The second kappa shape index (κ2) is 4.66. The van der Waals surface area contributed by atoms with Crippen LogP contribution in [-0.4, -0.2) is 11.8 Å². The van der Waals surface area contributed by atoms with Gasteiger partial charge in [0.15, 0.2) is 0 Å². The Morgan fingerprint density at radius 1 is 1.24 bits per heavy atom. The first-order valence-electron chi connectivity index (χ1n) is 6.79. The van der Waals surface area contributed by atoms with E-state index in [1.807, 2.05) is 0 Å². The van der Waals surface area contributed by atoms with Crippen molar-refractivity contribution in [1.29, 1.82) is 0 Å². The molecule has 2 heteroatoms. The lowest BCUT2D eigenvalue weighted by molar-refractivity contribution is 0.426. The Kier molecular flexibility index (Phi) is 3.18. The van der Waals surface area contributed by atoms with Crippen molar-refractivity contribution < 1.29 is 0 Å². The normalized spacial score (nSPS) is 29.2. The van der Waals surface area contributed by atoms with E-state index in [9.17, 15) is 0 Å². The minimum Gasteiger partial charge on any atom is -0.308 e. The van der Waals surface area contributed by atoms with E-state index in [-0.39, 0.29) is 5.54 Å². The van der Waals surface area contributed by atoms with Gasteiger partial charge in [-0.3, -0.25) is 0 Å². The zero-order valence-corrected chi connectivity index (χ0v) is 11.4. The number of benzene rings is 1. The summed E-state index contributed by atoms with van der Waals surface area (Å²) in [7, 11) is 0. The van der Waals surface area contributed by atoms with Crippen molar-refractivity contribution in [2.45, 2.75) is 54.7 Å². The van der Waals surface area contributed by atoms with Gasteiger partial charge >= 0.3 is 0 Å². The molecule has 92 valence electrons. The number of hydrogen-bond donors (Lipinski definition) is 1. The summed E-state index contributed by atoms with van der Waals surface area (Å²) in [5.74, 6) is 0. The van der Waals surface area contributed by atoms with Gasteiger partial charge in [0.05, 0.1) is 0 Å². The van der Waals surface area contributed by atoms with Gasteiger partial charge in [0, 0.05) is 15.7 Å². The molecule has 1 saturated carbocycles. The summed E-state index contributed by atoms with van der Waals surface area (Å²) in [5, 5.41) is 4.56. The van der Waals surface area contributed by atoms with Gasteiger partial charge in [-0.05, 0) is 50.8 Å². The van der Waals surface area contributed by atoms with Crippen LogP contribution in [0.5, 0.6) is 0 Å². The van der Waals surface area contributed by atoms with E-state index in [0.717, 1.165) is 5.25 Å². The fourth-order valence-electron chi connectivity index (χ4n) is 2.82. The summed E-state index contributed by atoms with van der Waals surface area (Å²) < 4.78 is 0. The minimum atomic E-state index is 0.216. The van der Waals surface area contributed by atoms with Crippen molar-refractivity contribution in [3.05, 3.63) is 29.8 Å². The van der Waals surface area contributed by atoms with Crippen LogP contribution in [0.2, 0.25) is 0 Å². The highest BCUT2D eigenvalue weighted by Crippen LogP contribution is 2.42. The Morgan fingerprint density at radius 2 is 2.06 bits per heavy atom. The molecule has 1 aliphatic carbocycles. The second-order valence-electron chi connectivity index (χ2n) is 5.53. The lowest BCUT2D eigenvalue weighted by Crippen LogP contribution is -2.33. The molecule has 2 aliphatic rings. The summed E-state index contributed by atoms with van der Waals surface area (Å²) in [5.41, 5.74) is 1.74. The third-order valence-electron chi connectivity index (χ3n) is 4.20. The van der Waals surface area contributed by atoms with Gasteiger partial charge in [0.25, 0.3) is 0 Å². The summed E-state index contributed by atoms with van der Waals surface area (Å²) in [6, 6.07) is 9.00. The van der Waals surface area contributed by atoms with Gasteiger partial charge < -0.3 is 5.32 Å². The van der Waals surface area contributed by atoms with E-state index < -0.39 is 0 Å². The van der Waals surface area contributed by atoms with E-state index in [0.29, 0.717) is 0 Å². The first kappa shape index (κ1) is 11.6. The fraction of sp³-hybridized carbons (Fsp3) is 0.600. The molecular formula is C15H21NS. The molecule has 1 atom stereocenters. The number of nitrogens with one attached hydrogen (secondary N) is 1. The Bertz CT molecular complexity index is 392. The van der Waals surface area contributed by atoms with Crippen molar-refractivity contribution >= 4 is 11.8 Å². The van der Waals surface area contributed by atoms with Crippen LogP contribution in [0.4, 0.5) is 0 Å². The van der Waals surface area contributed by atoms with Gasteiger partial charge in [0.1, 0.15) is 0 Å². The molecule has 1 heterocycles. The van der Waals surface area contributed by atoms with Crippen LogP contribution in [0.3, 0.4) is 0 Å². The highest BCUT2D eigenvalue weighted by atomic mass is 32.2. The molecule has 0 amide bonds. The van der Waals surface area contributed by atoms with E-state index >= 15 is 0 Å². The number of rotatable bonds is 3. The zero-order chi connectivity index (χ0) is 11.7. The Labute approximate surface area is 108 Å². The molecule has 1 aliphatic heterocycles. The molecule has 0 bridgehead atoms. The molecule has 1 aromatic rings. The van der Waals surface area contributed by atoms with E-state index in [1.165, 1.54) is 49.1 Å². The Balaban J connectivity index is 1.86. The highest BCUT2D eigenvalue weighted by Gasteiger charge is 2.32. The monoisotopic (exact) mass is 247 g/mol. The van der Waals surface area contributed by atoms with E-state index in [4.69, 9.17) is 0 Å². The van der Waals surface area contributed by atoms with Crippen LogP contribution < -0.4 is 5.32 Å². The van der Waals surface area contributed by atoms with Crippen molar-refractivity contribution in [1.82, 2.24) is 5.32 Å². The lowest BCUT2D eigenvalue weighted by Gasteiger charge is -2.31. The van der Waals surface area contributed by atoms with Crippen molar-refractivity contribution in [2.75, 3.05) is 6.54 Å². The molecule has 1 aromatic carbocycles. The van der Waals surface area contributed by atoms with Crippen LogP contribution in [0.1, 0.15) is 44.6 Å². The largest absolute Gasteiger partial charge is 0.308 e. The molecule has 0 aromatic heterocycles. The fourth-order valence-corrected chi connectivity index (χ4v) is 4.32. The molecule has 1 nitrogen and oxygen atoms in total. The average molecular weight is 247 g/mol. The average Bonchev–Trinajstić information content (AvgIpc) is 2.72. The molecule has 3 rings (SSSR count). The maximum Gasteiger partial charge on any atom is 0.0417 e. The van der Waals surface area contributed by atoms with Gasteiger partial charge in [-0.1, -0.05) is 24.6 Å². The van der Waals surface area contributed by atoms with Gasteiger partial charge in [-0.25, -0.2) is 0 Å². The number of thioether (sulfide) groups is 1. The molecule has 2 fully saturated rings. The van der Waals surface area contributed by atoms with Crippen LogP contribution in [0.25, 0.3) is 0 Å². The zero-order valence-electron chi connectivity index (χ0n) is 10.5. The van der Waals surface area contributed by atoms with Gasteiger partial charge in [0.2, 0.25) is 0 Å². The van der Waals surface area contributed by atoms with Crippen molar-refractivity contribution in [3.63, 3.8) is 0 Å². The van der Waals surface area contributed by atoms with Gasteiger partial charge in [-0.15, -0.1) is 11.8 Å². The smallest absolute Gasteiger partial charge is 0.0417 e. The Hall–Kier alpha value is -0.470. The minimum absolute atomic E-state index is 0.216. The van der Waals surface area contributed by atoms with Crippen molar-refractivity contribution in [3.8, 4) is 0 Å². The standard InChI is InChI=1S/C15H21NS/c1-15(10-5-11-16-15)13-8-2-3-9-14(13)17-12-6-4-7-12/h2-3,8-9,12,16H,4-7,10-11H2,1H3. The predicted molar refractivity (Wildman–Crippen MR) is 74.5 cm³/mol. The third kappa shape index (κ3) is 2.25. The Morgan fingerprint density at radius 3 is 2.71 bits per heavy atom. The molecule has 1 saturated heterocycles. The summed E-state index contributed by atoms with van der Waals surface area (Å²) >= 11 is 2.10. The molecule has 17 heavy (non-hydrogen) atoms. The van der Waals surface area contributed by atoms with E-state index in [2.05, 4.69) is 48.3 Å². The van der Waals surface area contributed by atoms with Crippen LogP contribution in [0, 0.1) is 0 Å². The van der Waals surface area contributed by atoms with Gasteiger partial charge in [-0.2, -0.15) is 0 Å². The van der Waals surface area contributed by atoms with E-state index in [1.54, 1.807) is 0 Å². The predicted octanol–water partition coefficient (Wildman–Crippen LogP) is 3.93. The molecule has 0 spiro atoms. The second-order valence-corrected chi connectivity index (χ2v) is 6.87.